The summed E-state index contributed by atoms with van der Waals surface area (Å²) in [6.45, 7) is 2.44. The second-order valence-electron chi connectivity index (χ2n) is 4.28. The van der Waals surface area contributed by atoms with Crippen molar-refractivity contribution in [2.75, 3.05) is 5.32 Å². The van der Waals surface area contributed by atoms with E-state index in [-0.39, 0.29) is 0 Å². The maximum Gasteiger partial charge on any atom is 0.144 e. The van der Waals surface area contributed by atoms with Crippen molar-refractivity contribution in [1.29, 1.82) is 0 Å². The summed E-state index contributed by atoms with van der Waals surface area (Å²) >= 11 is 0. The summed E-state index contributed by atoms with van der Waals surface area (Å²) in [4.78, 5) is 5.40. The van der Waals surface area contributed by atoms with E-state index in [0.717, 1.165) is 28.2 Å². The van der Waals surface area contributed by atoms with Gasteiger partial charge in [-0.05, 0) is 19.1 Å². The number of para-hydroxylation sites is 2. The smallest absolute Gasteiger partial charge is 0.144 e. The Labute approximate surface area is 106 Å². The van der Waals surface area contributed by atoms with Crippen molar-refractivity contribution in [1.82, 2.24) is 0 Å². The fourth-order valence-electron chi connectivity index (χ4n) is 2.07. The quantitative estimate of drug-likeness (QED) is 0.759. The lowest BCUT2D eigenvalue weighted by atomic mass is 10.1. The molecule has 1 heterocycles. The molecule has 2 aromatic rings. The summed E-state index contributed by atoms with van der Waals surface area (Å²) in [5.74, 6) is 0. The number of anilines is 2. The minimum atomic E-state index is 0.481. The lowest BCUT2D eigenvalue weighted by Gasteiger charge is -2.12. The normalized spacial score (nSPS) is 16.6. The number of nitrogens with one attached hydrogen (secondary N) is 1. The first kappa shape index (κ1) is 10.8. The van der Waals surface area contributed by atoms with Crippen molar-refractivity contribution < 1.29 is 4.84 Å². The molecule has 2 aromatic carbocycles. The number of rotatable bonds is 0. The van der Waals surface area contributed by atoms with Crippen LogP contribution in [0.25, 0.3) is 0 Å². The standard InChI is InChI=1S/C15H14N2O/c1-11-13-7-3-5-9-15(13)16-14-8-4-2-6-12(14)10-18-17-11/h2-9,16H,10H2,1H3/b17-11-. The third-order valence-corrected chi connectivity index (χ3v) is 3.03. The average molecular weight is 238 g/mol. The molecule has 0 aliphatic carbocycles. The topological polar surface area (TPSA) is 33.6 Å². The minimum absolute atomic E-state index is 0.481. The van der Waals surface area contributed by atoms with Crippen LogP contribution in [0.2, 0.25) is 0 Å². The van der Waals surface area contributed by atoms with Crippen molar-refractivity contribution in [3.8, 4) is 0 Å². The lowest BCUT2D eigenvalue weighted by molar-refractivity contribution is 0.131. The summed E-state index contributed by atoms with van der Waals surface area (Å²) in [6, 6.07) is 16.2. The van der Waals surface area contributed by atoms with Gasteiger partial charge in [-0.3, -0.25) is 0 Å². The molecule has 0 atom stereocenters. The summed E-state index contributed by atoms with van der Waals surface area (Å²) in [6.07, 6.45) is 0. The van der Waals surface area contributed by atoms with E-state index in [9.17, 15) is 0 Å². The van der Waals surface area contributed by atoms with E-state index in [1.165, 1.54) is 0 Å². The highest BCUT2D eigenvalue weighted by Crippen LogP contribution is 2.26. The molecule has 0 saturated heterocycles. The van der Waals surface area contributed by atoms with Crippen molar-refractivity contribution in [3.05, 3.63) is 59.7 Å². The summed E-state index contributed by atoms with van der Waals surface area (Å²) in [5.41, 5.74) is 5.16. The Morgan fingerprint density at radius 3 is 2.61 bits per heavy atom. The van der Waals surface area contributed by atoms with E-state index in [4.69, 9.17) is 4.84 Å². The number of nitrogens with zero attached hydrogens (tertiary/aromatic N) is 1. The molecule has 0 aromatic heterocycles. The van der Waals surface area contributed by atoms with Gasteiger partial charge in [-0.1, -0.05) is 41.6 Å². The first-order valence-electron chi connectivity index (χ1n) is 5.95. The second-order valence-corrected chi connectivity index (χ2v) is 4.28. The largest absolute Gasteiger partial charge is 0.391 e. The molecule has 1 aliphatic heterocycles. The van der Waals surface area contributed by atoms with Crippen LogP contribution < -0.4 is 5.32 Å². The molecule has 0 fully saturated rings. The summed E-state index contributed by atoms with van der Waals surface area (Å²) in [5, 5.41) is 7.61. The van der Waals surface area contributed by atoms with E-state index in [0.29, 0.717) is 6.61 Å². The van der Waals surface area contributed by atoms with E-state index >= 15 is 0 Å². The molecule has 1 N–H and O–H groups in total. The molecule has 3 heteroatoms. The summed E-state index contributed by atoms with van der Waals surface area (Å²) in [7, 11) is 0. The molecule has 90 valence electrons. The molecular formula is C15H14N2O. The number of hydrogen-bond acceptors (Lipinski definition) is 3. The number of oxime groups is 1. The number of fused-ring (bicyclic) bond motifs is 2. The van der Waals surface area contributed by atoms with E-state index in [1.807, 2.05) is 43.3 Å². The monoisotopic (exact) mass is 238 g/mol. The third kappa shape index (κ3) is 1.95. The van der Waals surface area contributed by atoms with E-state index in [1.54, 1.807) is 0 Å². The van der Waals surface area contributed by atoms with Gasteiger partial charge in [-0.15, -0.1) is 0 Å². The Kier molecular flexibility index (Phi) is 2.73. The van der Waals surface area contributed by atoms with E-state index in [2.05, 4.69) is 22.6 Å². The van der Waals surface area contributed by atoms with Gasteiger partial charge in [0.1, 0.15) is 6.61 Å². The Hall–Kier alpha value is -2.29. The van der Waals surface area contributed by atoms with Crippen LogP contribution in [-0.2, 0) is 11.4 Å². The molecule has 0 bridgehead atoms. The first-order chi connectivity index (χ1) is 8.84. The van der Waals surface area contributed by atoms with Gasteiger partial charge in [0.25, 0.3) is 0 Å². The predicted octanol–water partition coefficient (Wildman–Crippen LogP) is 3.68. The van der Waals surface area contributed by atoms with Gasteiger partial charge in [0, 0.05) is 22.5 Å². The van der Waals surface area contributed by atoms with Gasteiger partial charge in [-0.2, -0.15) is 0 Å². The van der Waals surface area contributed by atoms with Crippen LogP contribution in [0, 0.1) is 0 Å². The van der Waals surface area contributed by atoms with Crippen LogP contribution in [0.1, 0.15) is 18.1 Å². The first-order valence-corrected chi connectivity index (χ1v) is 5.95. The molecule has 0 saturated carbocycles. The van der Waals surface area contributed by atoms with Crippen LogP contribution in [0.3, 0.4) is 0 Å². The third-order valence-electron chi connectivity index (χ3n) is 3.03. The maximum absolute atomic E-state index is 5.40. The minimum Gasteiger partial charge on any atom is -0.391 e. The lowest BCUT2D eigenvalue weighted by Crippen LogP contribution is -2.00. The van der Waals surface area contributed by atoms with Gasteiger partial charge in [-0.25, -0.2) is 0 Å². The van der Waals surface area contributed by atoms with Gasteiger partial charge in [0.15, 0.2) is 0 Å². The molecule has 0 amide bonds. The highest BCUT2D eigenvalue weighted by Gasteiger charge is 2.10. The van der Waals surface area contributed by atoms with E-state index < -0.39 is 0 Å². The molecule has 0 spiro atoms. The Balaban J connectivity index is 2.13. The van der Waals surface area contributed by atoms with Gasteiger partial charge < -0.3 is 10.2 Å². The molecule has 0 radical (unpaired) electrons. The average Bonchev–Trinajstić information content (AvgIpc) is 2.47. The van der Waals surface area contributed by atoms with Crippen molar-refractivity contribution >= 4 is 17.1 Å². The zero-order valence-electron chi connectivity index (χ0n) is 10.2. The summed E-state index contributed by atoms with van der Waals surface area (Å²) < 4.78 is 0. The predicted molar refractivity (Wildman–Crippen MR) is 73.2 cm³/mol. The van der Waals surface area contributed by atoms with Crippen LogP contribution in [-0.4, -0.2) is 5.71 Å². The van der Waals surface area contributed by atoms with Crippen molar-refractivity contribution in [2.24, 2.45) is 5.16 Å². The van der Waals surface area contributed by atoms with Crippen LogP contribution in [0.5, 0.6) is 0 Å². The highest BCUT2D eigenvalue weighted by molar-refractivity contribution is 6.03. The van der Waals surface area contributed by atoms with Gasteiger partial charge >= 0.3 is 0 Å². The van der Waals surface area contributed by atoms with Gasteiger partial charge in [0.2, 0.25) is 0 Å². The molecule has 0 unspecified atom stereocenters. The Morgan fingerprint density at radius 2 is 1.72 bits per heavy atom. The van der Waals surface area contributed by atoms with Crippen molar-refractivity contribution in [3.63, 3.8) is 0 Å². The van der Waals surface area contributed by atoms with Crippen LogP contribution >= 0.6 is 0 Å². The second kappa shape index (κ2) is 4.53. The zero-order chi connectivity index (χ0) is 12.4. The van der Waals surface area contributed by atoms with Crippen molar-refractivity contribution in [2.45, 2.75) is 13.5 Å². The number of hydrogen-bond donors (Lipinski definition) is 1. The zero-order valence-corrected chi connectivity index (χ0v) is 10.2. The maximum atomic E-state index is 5.40. The molecular weight excluding hydrogens is 224 g/mol. The fraction of sp³-hybridized carbons (Fsp3) is 0.133. The Morgan fingerprint density at radius 1 is 1.00 bits per heavy atom. The van der Waals surface area contributed by atoms with Crippen LogP contribution in [0.15, 0.2) is 53.7 Å². The number of benzene rings is 2. The Bertz CT molecular complexity index is 605. The molecule has 1 aliphatic rings. The highest BCUT2D eigenvalue weighted by atomic mass is 16.6. The van der Waals surface area contributed by atoms with Gasteiger partial charge in [0.05, 0.1) is 5.71 Å². The molecule has 3 rings (SSSR count). The molecule has 3 nitrogen and oxygen atoms in total. The SMILES string of the molecule is C/C1=N/OCc2ccccc2Nc2ccccc21. The van der Waals surface area contributed by atoms with Crippen LogP contribution in [0.4, 0.5) is 11.4 Å². The molecule has 18 heavy (non-hydrogen) atoms. The fourth-order valence-corrected chi connectivity index (χ4v) is 2.07.